The van der Waals surface area contributed by atoms with E-state index in [0.29, 0.717) is 30.1 Å². The number of benzene rings is 1. The Labute approximate surface area is 125 Å². The molecule has 0 aliphatic heterocycles. The number of carbonyl (C=O) groups excluding carboxylic acids is 1. The lowest BCUT2D eigenvalue weighted by Gasteiger charge is -2.09. The van der Waals surface area contributed by atoms with Crippen LogP contribution in [0.5, 0.6) is 0 Å². The van der Waals surface area contributed by atoms with Crippen molar-refractivity contribution < 1.29 is 9.90 Å². The Balaban J connectivity index is 2.63. The van der Waals surface area contributed by atoms with Crippen molar-refractivity contribution >= 4 is 5.97 Å². The Kier molecular flexibility index (Phi) is 4.46. The number of hydrogen-bond donors (Lipinski definition) is 0. The fourth-order valence-corrected chi connectivity index (χ4v) is 2.57. The molecule has 0 saturated carbocycles. The molecule has 0 aliphatic carbocycles. The van der Waals surface area contributed by atoms with Crippen LogP contribution >= 0.6 is 0 Å². The largest absolute Gasteiger partial charge is 0.545 e. The Morgan fingerprint density at radius 2 is 2.10 bits per heavy atom. The molecule has 0 saturated heterocycles. The van der Waals surface area contributed by atoms with Gasteiger partial charge in [0.05, 0.1) is 23.0 Å². The van der Waals surface area contributed by atoms with E-state index in [9.17, 15) is 9.90 Å². The maximum absolute atomic E-state index is 11.5. The molecular formula is C17H21N2O2-. The third-order valence-corrected chi connectivity index (χ3v) is 3.44. The Bertz CT molecular complexity index is 657. The zero-order valence-corrected chi connectivity index (χ0v) is 13.0. The van der Waals surface area contributed by atoms with Gasteiger partial charge in [0.1, 0.15) is 0 Å². The standard InChI is InChI=1S/C17H22N2O2/c1-5-15-16(17(20)21)14(9-11(2)3)18-19(15)13-8-6-7-12(4)10-13/h6-8,10-11H,5,9H2,1-4H3,(H,20,21)/p-1. The van der Waals surface area contributed by atoms with Crippen LogP contribution < -0.4 is 5.11 Å². The van der Waals surface area contributed by atoms with Crippen LogP contribution in [0.3, 0.4) is 0 Å². The second kappa shape index (κ2) is 6.12. The third kappa shape index (κ3) is 3.15. The Hall–Kier alpha value is -2.10. The summed E-state index contributed by atoms with van der Waals surface area (Å²) in [7, 11) is 0. The molecule has 4 nitrogen and oxygen atoms in total. The lowest BCUT2D eigenvalue weighted by atomic mass is 10.0. The predicted molar refractivity (Wildman–Crippen MR) is 80.6 cm³/mol. The molecule has 1 heterocycles. The van der Waals surface area contributed by atoms with E-state index in [0.717, 1.165) is 11.3 Å². The van der Waals surface area contributed by atoms with E-state index in [4.69, 9.17) is 0 Å². The van der Waals surface area contributed by atoms with Gasteiger partial charge in [-0.25, -0.2) is 4.68 Å². The average Bonchev–Trinajstić information content (AvgIpc) is 2.76. The highest BCUT2D eigenvalue weighted by Crippen LogP contribution is 2.22. The zero-order chi connectivity index (χ0) is 15.6. The van der Waals surface area contributed by atoms with Gasteiger partial charge < -0.3 is 9.90 Å². The number of carbonyl (C=O) groups is 1. The number of aromatic nitrogens is 2. The number of aryl methyl sites for hydroxylation is 1. The van der Waals surface area contributed by atoms with Gasteiger partial charge in [-0.1, -0.05) is 32.9 Å². The highest BCUT2D eigenvalue weighted by atomic mass is 16.4. The topological polar surface area (TPSA) is 57.9 Å². The first-order chi connectivity index (χ1) is 9.93. The number of rotatable bonds is 5. The summed E-state index contributed by atoms with van der Waals surface area (Å²) >= 11 is 0. The summed E-state index contributed by atoms with van der Waals surface area (Å²) in [6.07, 6.45) is 1.23. The molecule has 0 fully saturated rings. The van der Waals surface area contributed by atoms with Crippen molar-refractivity contribution in [3.63, 3.8) is 0 Å². The molecule has 2 aromatic rings. The fourth-order valence-electron chi connectivity index (χ4n) is 2.57. The van der Waals surface area contributed by atoms with Gasteiger partial charge in [-0.05, 0) is 43.4 Å². The van der Waals surface area contributed by atoms with Gasteiger partial charge in [-0.15, -0.1) is 0 Å². The predicted octanol–water partition coefficient (Wildman–Crippen LogP) is 2.31. The van der Waals surface area contributed by atoms with Crippen LogP contribution in [0.1, 0.15) is 48.1 Å². The first-order valence-electron chi connectivity index (χ1n) is 7.33. The van der Waals surface area contributed by atoms with Crippen molar-refractivity contribution in [3.05, 3.63) is 46.8 Å². The molecule has 0 N–H and O–H groups in total. The fraction of sp³-hybridized carbons (Fsp3) is 0.412. The van der Waals surface area contributed by atoms with E-state index < -0.39 is 5.97 Å². The summed E-state index contributed by atoms with van der Waals surface area (Å²) in [4.78, 5) is 11.5. The molecule has 112 valence electrons. The number of nitrogens with zero attached hydrogens (tertiary/aromatic N) is 2. The SMILES string of the molecule is CCc1c(C(=O)[O-])c(CC(C)C)nn1-c1cccc(C)c1. The van der Waals surface area contributed by atoms with E-state index in [1.165, 1.54) is 0 Å². The molecular weight excluding hydrogens is 264 g/mol. The molecule has 0 amide bonds. The molecule has 4 heteroatoms. The zero-order valence-electron chi connectivity index (χ0n) is 13.0. The molecule has 1 aromatic heterocycles. The van der Waals surface area contributed by atoms with Crippen molar-refractivity contribution in [1.29, 1.82) is 0 Å². The van der Waals surface area contributed by atoms with E-state index in [2.05, 4.69) is 18.9 Å². The summed E-state index contributed by atoms with van der Waals surface area (Å²) in [6.45, 7) is 8.05. The van der Waals surface area contributed by atoms with Gasteiger partial charge in [0.2, 0.25) is 0 Å². The number of carboxylic acid groups (broad SMARTS) is 1. The van der Waals surface area contributed by atoms with Crippen LogP contribution in [-0.2, 0) is 12.8 Å². The smallest absolute Gasteiger partial charge is 0.0752 e. The minimum atomic E-state index is -1.14. The molecule has 1 aromatic carbocycles. The van der Waals surface area contributed by atoms with Crippen molar-refractivity contribution in [1.82, 2.24) is 9.78 Å². The van der Waals surface area contributed by atoms with Crippen LogP contribution in [-0.4, -0.2) is 15.7 Å². The summed E-state index contributed by atoms with van der Waals surface area (Å²) < 4.78 is 1.75. The van der Waals surface area contributed by atoms with Gasteiger partial charge in [0, 0.05) is 5.56 Å². The van der Waals surface area contributed by atoms with Crippen LogP contribution in [0.15, 0.2) is 24.3 Å². The minimum absolute atomic E-state index is 0.257. The molecule has 0 spiro atoms. The minimum Gasteiger partial charge on any atom is -0.545 e. The van der Waals surface area contributed by atoms with E-state index in [-0.39, 0.29) is 5.56 Å². The number of carboxylic acids is 1. The quantitative estimate of drug-likeness (QED) is 0.847. The van der Waals surface area contributed by atoms with Crippen LogP contribution in [0.2, 0.25) is 0 Å². The van der Waals surface area contributed by atoms with E-state index in [1.54, 1.807) is 4.68 Å². The lowest BCUT2D eigenvalue weighted by Crippen LogP contribution is -2.25. The second-order valence-corrected chi connectivity index (χ2v) is 5.76. The summed E-state index contributed by atoms with van der Waals surface area (Å²) in [5, 5.41) is 16.1. The van der Waals surface area contributed by atoms with Crippen LogP contribution in [0.25, 0.3) is 5.69 Å². The molecule has 2 rings (SSSR count). The maximum atomic E-state index is 11.5. The van der Waals surface area contributed by atoms with Crippen molar-refractivity contribution in [2.75, 3.05) is 0 Å². The lowest BCUT2D eigenvalue weighted by molar-refractivity contribution is -0.255. The molecule has 21 heavy (non-hydrogen) atoms. The summed E-state index contributed by atoms with van der Waals surface area (Å²) in [5.74, 6) is -0.796. The monoisotopic (exact) mass is 285 g/mol. The number of hydrogen-bond acceptors (Lipinski definition) is 3. The van der Waals surface area contributed by atoms with Gasteiger partial charge in [-0.2, -0.15) is 5.10 Å². The molecule has 0 atom stereocenters. The molecule has 0 unspecified atom stereocenters. The van der Waals surface area contributed by atoms with Gasteiger partial charge in [0.15, 0.2) is 0 Å². The normalized spacial score (nSPS) is 11.1. The van der Waals surface area contributed by atoms with Crippen LogP contribution in [0, 0.1) is 12.8 Å². The first-order valence-corrected chi connectivity index (χ1v) is 7.33. The van der Waals surface area contributed by atoms with Crippen molar-refractivity contribution in [2.24, 2.45) is 5.92 Å². The first kappa shape index (κ1) is 15.3. The van der Waals surface area contributed by atoms with E-state index >= 15 is 0 Å². The average molecular weight is 285 g/mol. The van der Waals surface area contributed by atoms with Crippen molar-refractivity contribution in [2.45, 2.75) is 40.5 Å². The summed E-state index contributed by atoms with van der Waals surface area (Å²) in [5.41, 5.74) is 3.59. The third-order valence-electron chi connectivity index (χ3n) is 3.44. The molecule has 0 aliphatic rings. The Morgan fingerprint density at radius 1 is 1.38 bits per heavy atom. The van der Waals surface area contributed by atoms with Gasteiger partial charge in [-0.3, -0.25) is 0 Å². The molecule has 0 radical (unpaired) electrons. The van der Waals surface area contributed by atoms with Crippen molar-refractivity contribution in [3.8, 4) is 5.69 Å². The highest BCUT2D eigenvalue weighted by molar-refractivity contribution is 5.89. The maximum Gasteiger partial charge on any atom is 0.0752 e. The van der Waals surface area contributed by atoms with Crippen LogP contribution in [0.4, 0.5) is 0 Å². The highest BCUT2D eigenvalue weighted by Gasteiger charge is 2.19. The Morgan fingerprint density at radius 3 is 2.62 bits per heavy atom. The number of aromatic carboxylic acids is 1. The second-order valence-electron chi connectivity index (χ2n) is 5.76. The summed E-state index contributed by atoms with van der Waals surface area (Å²) in [6, 6.07) is 7.90. The molecule has 0 bridgehead atoms. The van der Waals surface area contributed by atoms with Gasteiger partial charge in [0.25, 0.3) is 0 Å². The van der Waals surface area contributed by atoms with E-state index in [1.807, 2.05) is 38.1 Å². The van der Waals surface area contributed by atoms with Gasteiger partial charge >= 0.3 is 0 Å².